The molecule has 0 aromatic carbocycles. The molecule has 1 aliphatic rings. The third-order valence-electron chi connectivity index (χ3n) is 4.81. The van der Waals surface area contributed by atoms with E-state index in [1.165, 1.54) is 0 Å². The molecule has 2 N–H and O–H groups in total. The Hall–Kier alpha value is -2.74. The van der Waals surface area contributed by atoms with Crippen molar-refractivity contribution >= 4 is 17.6 Å². The predicted octanol–water partition coefficient (Wildman–Crippen LogP) is 1.78. The lowest BCUT2D eigenvalue weighted by atomic mass is 9.92. The maximum absolute atomic E-state index is 12.1. The summed E-state index contributed by atoms with van der Waals surface area (Å²) in [6.07, 6.45) is 8.21. The molecule has 2 amide bonds. The van der Waals surface area contributed by atoms with E-state index in [9.17, 15) is 9.59 Å². The normalized spacial score (nSPS) is 21.9. The van der Waals surface area contributed by atoms with Gasteiger partial charge in [0.2, 0.25) is 0 Å². The van der Waals surface area contributed by atoms with Gasteiger partial charge >= 0.3 is 11.8 Å². The first-order valence-electron chi connectivity index (χ1n) is 9.66. The standard InChI is InChI=1S/C20H27N5O3/c1-14-11-17(12-15(2)28-14)13-22-19(26)20(27)23-18-6-10-25(24-18)9-5-16-3-7-21-8-4-16/h3-4,6-8,10,14-15,17H,5,9,11-13H2,1-2H3,(H,22,26)(H,23,24,27). The summed E-state index contributed by atoms with van der Waals surface area (Å²) in [7, 11) is 0. The first-order valence-corrected chi connectivity index (χ1v) is 9.66. The number of nitrogens with zero attached hydrogens (tertiary/aromatic N) is 3. The molecule has 0 spiro atoms. The van der Waals surface area contributed by atoms with Gasteiger partial charge in [-0.25, -0.2) is 0 Å². The molecule has 0 bridgehead atoms. The first kappa shape index (κ1) is 20.0. The zero-order valence-corrected chi connectivity index (χ0v) is 16.3. The maximum atomic E-state index is 12.1. The second-order valence-corrected chi connectivity index (χ2v) is 7.33. The molecule has 1 aliphatic heterocycles. The molecule has 2 atom stereocenters. The highest BCUT2D eigenvalue weighted by Crippen LogP contribution is 2.23. The second-order valence-electron chi connectivity index (χ2n) is 7.33. The lowest BCUT2D eigenvalue weighted by Gasteiger charge is -2.32. The summed E-state index contributed by atoms with van der Waals surface area (Å²) < 4.78 is 7.43. The minimum absolute atomic E-state index is 0.176. The molecular weight excluding hydrogens is 358 g/mol. The number of carbonyl (C=O) groups is 2. The van der Waals surface area contributed by atoms with Crippen molar-refractivity contribution in [2.24, 2.45) is 5.92 Å². The van der Waals surface area contributed by atoms with E-state index in [0.717, 1.165) is 24.8 Å². The van der Waals surface area contributed by atoms with Gasteiger partial charge in [0, 0.05) is 37.7 Å². The van der Waals surface area contributed by atoms with E-state index < -0.39 is 11.8 Å². The average molecular weight is 385 g/mol. The van der Waals surface area contributed by atoms with Gasteiger partial charge in [-0.3, -0.25) is 19.3 Å². The molecule has 2 aromatic heterocycles. The summed E-state index contributed by atoms with van der Waals surface area (Å²) in [4.78, 5) is 28.2. The van der Waals surface area contributed by atoms with Crippen molar-refractivity contribution in [3.63, 3.8) is 0 Å². The summed E-state index contributed by atoms with van der Waals surface area (Å²) in [5.41, 5.74) is 1.16. The molecule has 8 heteroatoms. The van der Waals surface area contributed by atoms with Crippen LogP contribution in [0, 0.1) is 5.92 Å². The largest absolute Gasteiger partial charge is 0.376 e. The van der Waals surface area contributed by atoms with E-state index in [-0.39, 0.29) is 12.2 Å². The van der Waals surface area contributed by atoms with Crippen LogP contribution in [0.4, 0.5) is 5.82 Å². The van der Waals surface area contributed by atoms with Crippen molar-refractivity contribution in [3.05, 3.63) is 42.4 Å². The van der Waals surface area contributed by atoms with E-state index >= 15 is 0 Å². The average Bonchev–Trinajstić information content (AvgIpc) is 3.12. The van der Waals surface area contributed by atoms with Crippen LogP contribution in [-0.4, -0.2) is 45.3 Å². The van der Waals surface area contributed by atoms with Gasteiger partial charge in [0.1, 0.15) is 0 Å². The molecule has 0 radical (unpaired) electrons. The molecule has 150 valence electrons. The molecule has 1 saturated heterocycles. The zero-order chi connectivity index (χ0) is 19.9. The van der Waals surface area contributed by atoms with Gasteiger partial charge in [0.25, 0.3) is 0 Å². The Labute approximate surface area is 164 Å². The molecule has 2 aromatic rings. The Bertz CT molecular complexity index is 782. The highest BCUT2D eigenvalue weighted by molar-refractivity contribution is 6.39. The molecule has 3 heterocycles. The lowest BCUT2D eigenvalue weighted by Crippen LogP contribution is -2.41. The Balaban J connectivity index is 1.42. The van der Waals surface area contributed by atoms with E-state index in [1.54, 1.807) is 29.3 Å². The van der Waals surface area contributed by atoms with E-state index in [2.05, 4.69) is 20.7 Å². The number of aromatic nitrogens is 3. The molecule has 0 aliphatic carbocycles. The Morgan fingerprint density at radius 1 is 1.14 bits per heavy atom. The zero-order valence-electron chi connectivity index (χ0n) is 16.3. The number of pyridine rings is 1. The van der Waals surface area contributed by atoms with Crippen molar-refractivity contribution in [3.8, 4) is 0 Å². The highest BCUT2D eigenvalue weighted by atomic mass is 16.5. The second kappa shape index (κ2) is 9.45. The van der Waals surface area contributed by atoms with Gasteiger partial charge in [-0.05, 0) is 56.7 Å². The quantitative estimate of drug-likeness (QED) is 0.739. The number of aryl methyl sites for hydroxylation is 2. The number of anilines is 1. The van der Waals surface area contributed by atoms with Gasteiger partial charge in [0.05, 0.1) is 12.2 Å². The highest BCUT2D eigenvalue weighted by Gasteiger charge is 2.25. The summed E-state index contributed by atoms with van der Waals surface area (Å²) in [5, 5.41) is 9.56. The van der Waals surface area contributed by atoms with Crippen LogP contribution < -0.4 is 10.6 Å². The number of ether oxygens (including phenoxy) is 1. The fourth-order valence-electron chi connectivity index (χ4n) is 3.55. The van der Waals surface area contributed by atoms with Gasteiger partial charge in [-0.15, -0.1) is 0 Å². The van der Waals surface area contributed by atoms with Gasteiger partial charge in [-0.2, -0.15) is 5.10 Å². The molecular formula is C20H27N5O3. The number of rotatable bonds is 6. The smallest absolute Gasteiger partial charge is 0.314 e. The Morgan fingerprint density at radius 3 is 2.57 bits per heavy atom. The molecule has 0 saturated carbocycles. The van der Waals surface area contributed by atoms with Gasteiger partial charge in [-0.1, -0.05) is 0 Å². The van der Waals surface area contributed by atoms with E-state index in [1.807, 2.05) is 26.0 Å². The predicted molar refractivity (Wildman–Crippen MR) is 105 cm³/mol. The number of carbonyl (C=O) groups excluding carboxylic acids is 2. The van der Waals surface area contributed by atoms with Crippen molar-refractivity contribution in [1.29, 1.82) is 0 Å². The number of amides is 2. The number of nitrogens with one attached hydrogen (secondary N) is 2. The van der Waals surface area contributed by atoms with Crippen LogP contribution in [0.1, 0.15) is 32.3 Å². The van der Waals surface area contributed by atoms with Gasteiger partial charge < -0.3 is 15.4 Å². The molecule has 1 fully saturated rings. The fraction of sp³-hybridized carbons (Fsp3) is 0.500. The third-order valence-corrected chi connectivity index (χ3v) is 4.81. The van der Waals surface area contributed by atoms with Crippen LogP contribution in [0.15, 0.2) is 36.8 Å². The fourth-order valence-corrected chi connectivity index (χ4v) is 3.55. The van der Waals surface area contributed by atoms with Crippen molar-refractivity contribution in [1.82, 2.24) is 20.1 Å². The van der Waals surface area contributed by atoms with E-state index in [4.69, 9.17) is 4.74 Å². The summed E-state index contributed by atoms with van der Waals surface area (Å²) in [6, 6.07) is 5.59. The molecule has 28 heavy (non-hydrogen) atoms. The Kier molecular flexibility index (Phi) is 6.76. The van der Waals surface area contributed by atoms with Crippen molar-refractivity contribution in [2.75, 3.05) is 11.9 Å². The summed E-state index contributed by atoms with van der Waals surface area (Å²) in [6.45, 7) is 5.21. The maximum Gasteiger partial charge on any atom is 0.314 e. The Morgan fingerprint density at radius 2 is 1.86 bits per heavy atom. The van der Waals surface area contributed by atoms with Crippen LogP contribution >= 0.6 is 0 Å². The lowest BCUT2D eigenvalue weighted by molar-refractivity contribution is -0.136. The minimum atomic E-state index is -0.701. The third kappa shape index (κ3) is 5.88. The molecule has 2 unspecified atom stereocenters. The number of hydrogen-bond donors (Lipinski definition) is 2. The molecule has 3 rings (SSSR count). The van der Waals surface area contributed by atoms with Crippen molar-refractivity contribution < 1.29 is 14.3 Å². The van der Waals surface area contributed by atoms with Crippen LogP contribution in [0.5, 0.6) is 0 Å². The summed E-state index contributed by atoms with van der Waals surface area (Å²) >= 11 is 0. The topological polar surface area (TPSA) is 98.1 Å². The van der Waals surface area contributed by atoms with Crippen LogP contribution in [0.25, 0.3) is 0 Å². The van der Waals surface area contributed by atoms with Crippen molar-refractivity contribution in [2.45, 2.75) is 51.9 Å². The van der Waals surface area contributed by atoms with E-state index in [0.29, 0.717) is 24.8 Å². The van der Waals surface area contributed by atoms with Gasteiger partial charge in [0.15, 0.2) is 5.82 Å². The monoisotopic (exact) mass is 385 g/mol. The van der Waals surface area contributed by atoms with Crippen LogP contribution in [0.2, 0.25) is 0 Å². The SMILES string of the molecule is CC1CC(CNC(=O)C(=O)Nc2ccn(CCc3ccncc3)n2)CC(C)O1. The number of hydrogen-bond acceptors (Lipinski definition) is 5. The van der Waals surface area contributed by atoms with Crippen LogP contribution in [0.3, 0.4) is 0 Å². The van der Waals surface area contributed by atoms with Crippen LogP contribution in [-0.2, 0) is 27.3 Å². The summed E-state index contributed by atoms with van der Waals surface area (Å²) in [5.74, 6) is -0.656. The minimum Gasteiger partial charge on any atom is -0.376 e. The first-order chi connectivity index (χ1) is 13.5. The molecule has 8 nitrogen and oxygen atoms in total.